The van der Waals surface area contributed by atoms with Crippen LogP contribution in [0.5, 0.6) is 0 Å². The smallest absolute Gasteiger partial charge is 0.106 e. The van der Waals surface area contributed by atoms with Crippen molar-refractivity contribution in [2.24, 2.45) is 23.7 Å². The quantitative estimate of drug-likeness (QED) is 0.618. The lowest BCUT2D eigenvalue weighted by molar-refractivity contribution is 0.443. The molecule has 82 valence electrons. The number of fused-ring (bicyclic) bond motifs is 1. The second kappa shape index (κ2) is 3.95. The van der Waals surface area contributed by atoms with Gasteiger partial charge in [0, 0.05) is 18.1 Å². The Morgan fingerprint density at radius 1 is 1.33 bits per heavy atom. The normalized spacial score (nSPS) is 39.5. The van der Waals surface area contributed by atoms with E-state index in [0.717, 1.165) is 17.7 Å². The van der Waals surface area contributed by atoms with Crippen LogP contribution in [0.15, 0.2) is 22.2 Å². The van der Waals surface area contributed by atoms with Gasteiger partial charge in [-0.25, -0.2) is 0 Å². The van der Waals surface area contributed by atoms with Crippen molar-refractivity contribution in [3.63, 3.8) is 0 Å². The molecule has 0 aromatic carbocycles. The minimum Gasteiger partial charge on any atom is -0.309 e. The lowest BCUT2D eigenvalue weighted by Crippen LogP contribution is -2.25. The fourth-order valence-corrected chi connectivity index (χ4v) is 3.80. The van der Waals surface area contributed by atoms with Crippen LogP contribution in [0.3, 0.4) is 0 Å². The standard InChI is InChI=1S/C12H15Cl2N/c1-6-8-4-3-5-9(15)11(8)7(2)10(6)12(13)14/h3-4,6-8,11,15H,5H2,1-2H3/t6-,7-,8?,11?/m0/s1. The van der Waals surface area contributed by atoms with Crippen LogP contribution in [0, 0.1) is 29.1 Å². The summed E-state index contributed by atoms with van der Waals surface area (Å²) < 4.78 is 0.408. The first kappa shape index (κ1) is 11.2. The Bertz CT molecular complexity index is 353. The van der Waals surface area contributed by atoms with Gasteiger partial charge in [0.2, 0.25) is 0 Å². The van der Waals surface area contributed by atoms with Crippen molar-refractivity contribution in [1.82, 2.24) is 0 Å². The van der Waals surface area contributed by atoms with E-state index in [4.69, 9.17) is 28.6 Å². The highest BCUT2D eigenvalue weighted by molar-refractivity contribution is 6.56. The lowest BCUT2D eigenvalue weighted by Gasteiger charge is -2.25. The SMILES string of the molecule is C[C@@H]1C(=C(Cl)Cl)[C@H](C)C2C(=N)CC=CC21. The first-order chi connectivity index (χ1) is 7.04. The molecule has 0 radical (unpaired) electrons. The van der Waals surface area contributed by atoms with E-state index in [1.54, 1.807) is 0 Å². The molecule has 0 spiro atoms. The summed E-state index contributed by atoms with van der Waals surface area (Å²) in [5.41, 5.74) is 1.95. The zero-order chi connectivity index (χ0) is 11.2. The van der Waals surface area contributed by atoms with Crippen molar-refractivity contribution >= 4 is 28.9 Å². The van der Waals surface area contributed by atoms with Crippen LogP contribution in [-0.4, -0.2) is 5.71 Å². The molecule has 0 aliphatic heterocycles. The van der Waals surface area contributed by atoms with Gasteiger partial charge >= 0.3 is 0 Å². The summed E-state index contributed by atoms with van der Waals surface area (Å²) in [4.78, 5) is 0. The van der Waals surface area contributed by atoms with E-state index < -0.39 is 0 Å². The van der Waals surface area contributed by atoms with Crippen molar-refractivity contribution < 1.29 is 0 Å². The van der Waals surface area contributed by atoms with Crippen LogP contribution in [0.4, 0.5) is 0 Å². The molecular weight excluding hydrogens is 229 g/mol. The number of hydrogen-bond donors (Lipinski definition) is 1. The Morgan fingerprint density at radius 2 is 2.00 bits per heavy atom. The molecule has 2 unspecified atom stereocenters. The van der Waals surface area contributed by atoms with Crippen LogP contribution in [0.1, 0.15) is 20.3 Å². The van der Waals surface area contributed by atoms with Gasteiger partial charge in [-0.1, -0.05) is 49.2 Å². The molecule has 0 aromatic rings. The molecule has 1 nitrogen and oxygen atoms in total. The maximum Gasteiger partial charge on any atom is 0.106 e. The Kier molecular flexibility index (Phi) is 2.96. The molecule has 1 N–H and O–H groups in total. The predicted octanol–water partition coefficient (Wildman–Crippen LogP) is 4.17. The fourth-order valence-electron chi connectivity index (χ4n) is 3.11. The third-order valence-electron chi connectivity index (χ3n) is 3.83. The number of allylic oxidation sites excluding steroid dienone is 3. The van der Waals surface area contributed by atoms with E-state index >= 15 is 0 Å². The van der Waals surface area contributed by atoms with Gasteiger partial charge in [-0.2, -0.15) is 0 Å². The van der Waals surface area contributed by atoms with E-state index in [1.165, 1.54) is 0 Å². The maximum atomic E-state index is 8.01. The molecular formula is C12H15Cl2N. The molecule has 0 aromatic heterocycles. The van der Waals surface area contributed by atoms with E-state index in [-0.39, 0.29) is 0 Å². The fraction of sp³-hybridized carbons (Fsp3) is 0.583. The van der Waals surface area contributed by atoms with E-state index in [0.29, 0.717) is 28.2 Å². The summed E-state index contributed by atoms with van der Waals surface area (Å²) in [6.07, 6.45) is 5.11. The summed E-state index contributed by atoms with van der Waals surface area (Å²) in [5.74, 6) is 1.41. The van der Waals surface area contributed by atoms with Crippen LogP contribution in [0.2, 0.25) is 0 Å². The van der Waals surface area contributed by atoms with Gasteiger partial charge < -0.3 is 5.41 Å². The van der Waals surface area contributed by atoms with Crippen LogP contribution < -0.4 is 0 Å². The molecule has 2 rings (SSSR count). The zero-order valence-corrected chi connectivity index (χ0v) is 10.4. The zero-order valence-electron chi connectivity index (χ0n) is 8.93. The molecule has 1 fully saturated rings. The van der Waals surface area contributed by atoms with Crippen LogP contribution in [-0.2, 0) is 0 Å². The van der Waals surface area contributed by atoms with E-state index in [1.807, 2.05) is 0 Å². The topological polar surface area (TPSA) is 23.9 Å². The molecule has 0 amide bonds. The number of hydrogen-bond acceptors (Lipinski definition) is 1. The van der Waals surface area contributed by atoms with Crippen molar-refractivity contribution in [3.05, 3.63) is 22.2 Å². The molecule has 3 heteroatoms. The van der Waals surface area contributed by atoms with Crippen molar-refractivity contribution in [3.8, 4) is 0 Å². The minimum absolute atomic E-state index is 0.312. The van der Waals surface area contributed by atoms with Crippen LogP contribution in [0.25, 0.3) is 0 Å². The van der Waals surface area contributed by atoms with Crippen molar-refractivity contribution in [2.45, 2.75) is 20.3 Å². The Hall–Kier alpha value is -0.270. The molecule has 15 heavy (non-hydrogen) atoms. The summed E-state index contributed by atoms with van der Waals surface area (Å²) >= 11 is 11.9. The second-order valence-corrected chi connectivity index (χ2v) is 5.50. The number of rotatable bonds is 0. The van der Waals surface area contributed by atoms with Gasteiger partial charge in [-0.15, -0.1) is 0 Å². The van der Waals surface area contributed by atoms with Gasteiger partial charge in [0.1, 0.15) is 4.49 Å². The lowest BCUT2D eigenvalue weighted by atomic mass is 9.79. The maximum absolute atomic E-state index is 8.01. The Morgan fingerprint density at radius 3 is 2.53 bits per heavy atom. The summed E-state index contributed by atoms with van der Waals surface area (Å²) in [6, 6.07) is 0. The third kappa shape index (κ3) is 1.66. The second-order valence-electron chi connectivity index (χ2n) is 4.55. The van der Waals surface area contributed by atoms with Gasteiger partial charge in [-0.05, 0) is 23.3 Å². The van der Waals surface area contributed by atoms with E-state index in [2.05, 4.69) is 26.0 Å². The first-order valence-electron chi connectivity index (χ1n) is 5.33. The van der Waals surface area contributed by atoms with Gasteiger partial charge in [0.15, 0.2) is 0 Å². The predicted molar refractivity (Wildman–Crippen MR) is 65.5 cm³/mol. The Balaban J connectivity index is 2.44. The van der Waals surface area contributed by atoms with Crippen LogP contribution >= 0.6 is 23.2 Å². The van der Waals surface area contributed by atoms with Gasteiger partial charge in [0.25, 0.3) is 0 Å². The molecule has 2 aliphatic carbocycles. The highest BCUT2D eigenvalue weighted by Crippen LogP contribution is 2.50. The Labute approximate surface area is 101 Å². The highest BCUT2D eigenvalue weighted by atomic mass is 35.5. The molecule has 0 heterocycles. The highest BCUT2D eigenvalue weighted by Gasteiger charge is 2.45. The molecule has 1 saturated carbocycles. The van der Waals surface area contributed by atoms with E-state index in [9.17, 15) is 0 Å². The van der Waals surface area contributed by atoms with Crippen molar-refractivity contribution in [1.29, 1.82) is 5.41 Å². The summed E-state index contributed by atoms with van der Waals surface area (Å²) in [5, 5.41) is 8.01. The minimum atomic E-state index is 0.312. The molecule has 0 bridgehead atoms. The summed E-state index contributed by atoms with van der Waals surface area (Å²) in [6.45, 7) is 4.29. The van der Waals surface area contributed by atoms with Crippen molar-refractivity contribution in [2.75, 3.05) is 0 Å². The van der Waals surface area contributed by atoms with Gasteiger partial charge in [0.05, 0.1) is 0 Å². The molecule has 2 aliphatic rings. The average molecular weight is 244 g/mol. The first-order valence-corrected chi connectivity index (χ1v) is 6.08. The number of nitrogens with one attached hydrogen (secondary N) is 1. The monoisotopic (exact) mass is 243 g/mol. The van der Waals surface area contributed by atoms with Gasteiger partial charge in [-0.3, -0.25) is 0 Å². The molecule has 4 atom stereocenters. The third-order valence-corrected chi connectivity index (χ3v) is 4.26. The number of halogens is 2. The summed E-state index contributed by atoms with van der Waals surface area (Å²) in [7, 11) is 0. The largest absolute Gasteiger partial charge is 0.309 e. The average Bonchev–Trinajstić information content (AvgIpc) is 2.40. The molecule has 0 saturated heterocycles.